The lowest BCUT2D eigenvalue weighted by molar-refractivity contribution is -0.111. The first-order valence-corrected chi connectivity index (χ1v) is 9.16. The van der Waals surface area contributed by atoms with Crippen molar-refractivity contribution in [1.29, 1.82) is 0 Å². The Hall–Kier alpha value is 0.270. The van der Waals surface area contributed by atoms with E-state index in [1.165, 1.54) is 37.2 Å². The molecule has 2 saturated heterocycles. The van der Waals surface area contributed by atoms with Crippen LogP contribution in [0.1, 0.15) is 53.4 Å². The summed E-state index contributed by atoms with van der Waals surface area (Å²) in [4.78, 5) is 0. The maximum absolute atomic E-state index is 6.21. The summed E-state index contributed by atoms with van der Waals surface area (Å²) in [5.74, 6) is 4.16. The molecule has 19 heavy (non-hydrogen) atoms. The van der Waals surface area contributed by atoms with E-state index in [-0.39, 0.29) is 5.60 Å². The molecule has 1 spiro atoms. The fourth-order valence-corrected chi connectivity index (χ4v) is 4.93. The maximum Gasteiger partial charge on any atom is 0.0701 e. The molecule has 0 saturated carbocycles. The van der Waals surface area contributed by atoms with E-state index < -0.39 is 0 Å². The lowest BCUT2D eigenvalue weighted by Gasteiger charge is -2.46. The van der Waals surface area contributed by atoms with Gasteiger partial charge in [0.1, 0.15) is 0 Å². The number of rotatable bonds is 4. The molecule has 3 heteroatoms. The van der Waals surface area contributed by atoms with Crippen molar-refractivity contribution in [2.45, 2.75) is 71.1 Å². The van der Waals surface area contributed by atoms with E-state index >= 15 is 0 Å². The fraction of sp³-hybridized carbons (Fsp3) is 1.00. The quantitative estimate of drug-likeness (QED) is 0.851. The van der Waals surface area contributed by atoms with Gasteiger partial charge in [-0.15, -0.1) is 0 Å². The van der Waals surface area contributed by atoms with Gasteiger partial charge in [0, 0.05) is 18.7 Å². The Morgan fingerprint density at radius 3 is 2.47 bits per heavy atom. The number of ether oxygens (including phenoxy) is 1. The minimum Gasteiger partial charge on any atom is -0.375 e. The minimum absolute atomic E-state index is 0.236. The van der Waals surface area contributed by atoms with Crippen molar-refractivity contribution in [3.05, 3.63) is 0 Å². The van der Waals surface area contributed by atoms with Gasteiger partial charge in [-0.05, 0) is 55.9 Å². The van der Waals surface area contributed by atoms with Crippen molar-refractivity contribution in [3.8, 4) is 0 Å². The van der Waals surface area contributed by atoms with Crippen LogP contribution in [0.2, 0.25) is 0 Å². The molecule has 3 unspecified atom stereocenters. The highest BCUT2D eigenvalue weighted by atomic mass is 32.2. The minimum atomic E-state index is 0.236. The molecule has 3 atom stereocenters. The van der Waals surface area contributed by atoms with Crippen LogP contribution in [0.4, 0.5) is 0 Å². The normalized spacial score (nSPS) is 30.5. The van der Waals surface area contributed by atoms with E-state index in [0.717, 1.165) is 18.4 Å². The Bertz CT molecular complexity index is 270. The summed E-state index contributed by atoms with van der Waals surface area (Å²) in [5.41, 5.74) is 0.236. The summed E-state index contributed by atoms with van der Waals surface area (Å²) in [6, 6.07) is 1.19. The molecule has 2 aliphatic rings. The zero-order valence-corrected chi connectivity index (χ0v) is 13.9. The van der Waals surface area contributed by atoms with Crippen molar-refractivity contribution in [2.75, 3.05) is 18.1 Å². The standard InChI is InChI=1S/C16H31NOS/c1-12(2)17-14(4)13(3)15-5-8-18-16(11-15)6-9-19-10-7-16/h12-15,17H,5-11H2,1-4H3. The van der Waals surface area contributed by atoms with Gasteiger partial charge in [0.05, 0.1) is 5.60 Å². The van der Waals surface area contributed by atoms with Crippen molar-refractivity contribution in [3.63, 3.8) is 0 Å². The van der Waals surface area contributed by atoms with Gasteiger partial charge in [0.15, 0.2) is 0 Å². The van der Waals surface area contributed by atoms with Crippen LogP contribution in [0.3, 0.4) is 0 Å². The highest BCUT2D eigenvalue weighted by Gasteiger charge is 2.40. The Balaban J connectivity index is 1.92. The first kappa shape index (κ1) is 15.7. The number of thioether (sulfide) groups is 1. The van der Waals surface area contributed by atoms with Crippen LogP contribution in [0.25, 0.3) is 0 Å². The molecule has 0 aliphatic carbocycles. The number of hydrogen-bond donors (Lipinski definition) is 1. The van der Waals surface area contributed by atoms with Gasteiger partial charge >= 0.3 is 0 Å². The van der Waals surface area contributed by atoms with Crippen molar-refractivity contribution in [2.24, 2.45) is 11.8 Å². The fourth-order valence-electron chi connectivity index (χ4n) is 3.69. The first-order valence-electron chi connectivity index (χ1n) is 8.00. The monoisotopic (exact) mass is 285 g/mol. The van der Waals surface area contributed by atoms with Crippen LogP contribution < -0.4 is 5.32 Å². The summed E-state index contributed by atoms with van der Waals surface area (Å²) in [5, 5.41) is 3.69. The molecule has 0 aromatic heterocycles. The SMILES string of the molecule is CC(C)NC(C)C(C)C1CCOC2(CCSCC2)C1. The molecule has 2 heterocycles. The molecule has 2 nitrogen and oxygen atoms in total. The smallest absolute Gasteiger partial charge is 0.0701 e. The third kappa shape index (κ3) is 4.12. The van der Waals surface area contributed by atoms with Crippen LogP contribution in [0.5, 0.6) is 0 Å². The van der Waals surface area contributed by atoms with E-state index in [1.54, 1.807) is 0 Å². The second kappa shape index (κ2) is 6.82. The third-order valence-corrected chi connectivity index (χ3v) is 6.05. The van der Waals surface area contributed by atoms with Gasteiger partial charge < -0.3 is 10.1 Å². The van der Waals surface area contributed by atoms with E-state index in [1.807, 2.05) is 0 Å². The van der Waals surface area contributed by atoms with Crippen LogP contribution in [-0.4, -0.2) is 35.8 Å². The zero-order chi connectivity index (χ0) is 13.9. The molecule has 0 amide bonds. The van der Waals surface area contributed by atoms with Gasteiger partial charge in [-0.3, -0.25) is 0 Å². The van der Waals surface area contributed by atoms with Gasteiger partial charge in [-0.1, -0.05) is 20.8 Å². The summed E-state index contributed by atoms with van der Waals surface area (Å²) in [7, 11) is 0. The van der Waals surface area contributed by atoms with Crippen LogP contribution in [0, 0.1) is 11.8 Å². The van der Waals surface area contributed by atoms with Crippen LogP contribution in [-0.2, 0) is 4.74 Å². The second-order valence-electron chi connectivity index (χ2n) is 6.87. The summed E-state index contributed by atoms with van der Waals surface area (Å²) >= 11 is 2.09. The van der Waals surface area contributed by atoms with Gasteiger partial charge in [-0.25, -0.2) is 0 Å². The van der Waals surface area contributed by atoms with Gasteiger partial charge in [-0.2, -0.15) is 11.8 Å². The molecule has 0 aromatic carbocycles. The largest absolute Gasteiger partial charge is 0.375 e. The zero-order valence-electron chi connectivity index (χ0n) is 13.1. The molecule has 2 rings (SSSR count). The summed E-state index contributed by atoms with van der Waals surface area (Å²) in [6.07, 6.45) is 5.08. The van der Waals surface area contributed by atoms with Gasteiger partial charge in [0.25, 0.3) is 0 Å². The molecule has 2 fully saturated rings. The van der Waals surface area contributed by atoms with E-state index in [2.05, 4.69) is 44.8 Å². The Kier molecular flexibility index (Phi) is 5.62. The van der Waals surface area contributed by atoms with Crippen molar-refractivity contribution >= 4 is 11.8 Å². The van der Waals surface area contributed by atoms with Crippen molar-refractivity contribution < 1.29 is 4.74 Å². The lowest BCUT2D eigenvalue weighted by Crippen LogP contribution is -2.47. The molecule has 0 bridgehead atoms. The highest BCUT2D eigenvalue weighted by molar-refractivity contribution is 7.99. The molecule has 2 aliphatic heterocycles. The number of nitrogens with one attached hydrogen (secondary N) is 1. The predicted molar refractivity (Wildman–Crippen MR) is 84.9 cm³/mol. The molecule has 0 radical (unpaired) electrons. The average Bonchev–Trinajstić information content (AvgIpc) is 2.38. The summed E-state index contributed by atoms with van der Waals surface area (Å²) < 4.78 is 6.21. The molecule has 112 valence electrons. The first-order chi connectivity index (χ1) is 9.02. The Morgan fingerprint density at radius 1 is 1.16 bits per heavy atom. The van der Waals surface area contributed by atoms with E-state index in [0.29, 0.717) is 12.1 Å². The van der Waals surface area contributed by atoms with Crippen LogP contribution in [0.15, 0.2) is 0 Å². The lowest BCUT2D eigenvalue weighted by atomic mass is 9.74. The summed E-state index contributed by atoms with van der Waals surface area (Å²) in [6.45, 7) is 10.2. The highest BCUT2D eigenvalue weighted by Crippen LogP contribution is 2.42. The third-order valence-electron chi connectivity index (χ3n) is 5.06. The topological polar surface area (TPSA) is 21.3 Å². The van der Waals surface area contributed by atoms with E-state index in [4.69, 9.17) is 4.74 Å². The molecular weight excluding hydrogens is 254 g/mol. The van der Waals surface area contributed by atoms with Gasteiger partial charge in [0.2, 0.25) is 0 Å². The Morgan fingerprint density at radius 2 is 1.84 bits per heavy atom. The number of hydrogen-bond acceptors (Lipinski definition) is 3. The second-order valence-corrected chi connectivity index (χ2v) is 8.09. The Labute approximate surface area is 123 Å². The predicted octanol–water partition coefficient (Wildman–Crippen LogP) is 3.70. The van der Waals surface area contributed by atoms with E-state index in [9.17, 15) is 0 Å². The maximum atomic E-state index is 6.21. The molecular formula is C16H31NOS. The van der Waals surface area contributed by atoms with Crippen molar-refractivity contribution in [1.82, 2.24) is 5.32 Å². The van der Waals surface area contributed by atoms with Crippen LogP contribution >= 0.6 is 11.8 Å². The average molecular weight is 285 g/mol. The molecule has 0 aromatic rings. The molecule has 1 N–H and O–H groups in total.